The average molecular weight is 316 g/mol. The van der Waals surface area contributed by atoms with E-state index in [4.69, 9.17) is 5.73 Å². The van der Waals surface area contributed by atoms with Gasteiger partial charge in [0.15, 0.2) is 5.96 Å². The first-order valence-corrected chi connectivity index (χ1v) is 6.25. The summed E-state index contributed by atoms with van der Waals surface area (Å²) in [6, 6.07) is 0.487. The Bertz CT molecular complexity index is 412. The van der Waals surface area contributed by atoms with Crippen molar-refractivity contribution >= 4 is 22.9 Å². The average Bonchev–Trinajstić information content (AvgIpc) is 2.74. The maximum Gasteiger partial charge on any atom is 0.192 e. The molecular weight excluding hydrogens is 294 g/mol. The van der Waals surface area contributed by atoms with Crippen molar-refractivity contribution in [1.29, 1.82) is 0 Å². The molecule has 1 aliphatic heterocycles. The van der Waals surface area contributed by atoms with Crippen molar-refractivity contribution in [3.63, 3.8) is 0 Å². The number of fused-ring (bicyclic) bond motifs is 1. The number of H-pyrrole nitrogens is 1. The number of halogens is 1. The molecule has 1 aliphatic rings. The van der Waals surface area contributed by atoms with E-state index in [1.165, 1.54) is 5.69 Å². The monoisotopic (exact) mass is 315 g/mol. The molecule has 2 heterocycles. The van der Waals surface area contributed by atoms with Crippen molar-refractivity contribution < 1.29 is 0 Å². The number of guanidine groups is 1. The van der Waals surface area contributed by atoms with Crippen molar-refractivity contribution in [2.45, 2.75) is 45.7 Å². The quantitative estimate of drug-likeness (QED) is 0.648. The maximum absolute atomic E-state index is 6.08. The van der Waals surface area contributed by atoms with E-state index in [2.05, 4.69) is 26.8 Å². The number of nitrogens with zero attached hydrogens (tertiary/aromatic N) is 3. The molecule has 102 valence electrons. The molecule has 0 saturated heterocycles. The first kappa shape index (κ1) is 15.0. The second-order valence-electron chi connectivity index (χ2n) is 4.71. The molecule has 0 amide bonds. The Morgan fingerprint density at radius 2 is 2.39 bits per heavy atom. The summed E-state index contributed by atoms with van der Waals surface area (Å²) in [6.45, 7) is 7.15. The Morgan fingerprint density at radius 3 is 3.00 bits per heavy atom. The fraction of sp³-hybridized carbons (Fsp3) is 0.667. The van der Waals surface area contributed by atoms with Crippen molar-refractivity contribution in [3.05, 3.63) is 17.7 Å². The van der Waals surface area contributed by atoms with Gasteiger partial charge in [0, 0.05) is 24.7 Å². The highest BCUT2D eigenvalue weighted by molar-refractivity contribution is 8.93. The van der Waals surface area contributed by atoms with Gasteiger partial charge in [-0.15, -0.1) is 17.0 Å². The van der Waals surface area contributed by atoms with Crippen LogP contribution in [-0.2, 0) is 6.42 Å². The van der Waals surface area contributed by atoms with Gasteiger partial charge in [0.2, 0.25) is 0 Å². The van der Waals surface area contributed by atoms with Crippen LogP contribution in [-0.4, -0.2) is 33.4 Å². The highest BCUT2D eigenvalue weighted by Crippen LogP contribution is 2.29. The molecule has 6 heteroatoms. The fourth-order valence-electron chi connectivity index (χ4n) is 2.38. The molecule has 1 aromatic heterocycles. The molecule has 0 saturated carbocycles. The lowest BCUT2D eigenvalue weighted by Gasteiger charge is -2.35. The van der Waals surface area contributed by atoms with Crippen molar-refractivity contribution in [1.82, 2.24) is 14.9 Å². The molecule has 0 bridgehead atoms. The first-order valence-electron chi connectivity index (χ1n) is 6.25. The van der Waals surface area contributed by atoms with Crippen LogP contribution in [0.2, 0.25) is 0 Å². The smallest absolute Gasteiger partial charge is 0.192 e. The summed E-state index contributed by atoms with van der Waals surface area (Å²) in [6.07, 6.45) is 3.72. The van der Waals surface area contributed by atoms with Gasteiger partial charge in [0.05, 0.1) is 18.1 Å². The lowest BCUT2D eigenvalue weighted by atomic mass is 10.0. The SMILES string of the molecule is Br.CCC1c2nc[nH]c2CCN1C(N)=NC(C)C. The van der Waals surface area contributed by atoms with Gasteiger partial charge in [-0.05, 0) is 20.3 Å². The Morgan fingerprint density at radius 1 is 1.67 bits per heavy atom. The molecule has 0 fully saturated rings. The largest absolute Gasteiger partial charge is 0.370 e. The summed E-state index contributed by atoms with van der Waals surface area (Å²) < 4.78 is 0. The van der Waals surface area contributed by atoms with Crippen LogP contribution in [0.3, 0.4) is 0 Å². The van der Waals surface area contributed by atoms with Crippen LogP contribution in [0, 0.1) is 0 Å². The lowest BCUT2D eigenvalue weighted by Crippen LogP contribution is -2.44. The maximum atomic E-state index is 6.08. The molecule has 5 nitrogen and oxygen atoms in total. The third kappa shape index (κ3) is 2.85. The van der Waals surface area contributed by atoms with E-state index in [0.29, 0.717) is 5.96 Å². The van der Waals surface area contributed by atoms with Gasteiger partial charge in [-0.3, -0.25) is 4.99 Å². The number of rotatable bonds is 2. The fourth-order valence-corrected chi connectivity index (χ4v) is 2.38. The summed E-state index contributed by atoms with van der Waals surface area (Å²) in [5.74, 6) is 0.639. The number of hydrogen-bond donors (Lipinski definition) is 2. The number of nitrogens with one attached hydrogen (secondary N) is 1. The van der Waals surface area contributed by atoms with E-state index in [-0.39, 0.29) is 29.1 Å². The van der Waals surface area contributed by atoms with E-state index in [9.17, 15) is 0 Å². The second kappa shape index (κ2) is 6.22. The van der Waals surface area contributed by atoms with Gasteiger partial charge in [-0.2, -0.15) is 0 Å². The molecule has 0 radical (unpaired) electrons. The topological polar surface area (TPSA) is 70.3 Å². The molecule has 1 atom stereocenters. The Balaban J connectivity index is 0.00000162. The molecule has 3 N–H and O–H groups in total. The highest BCUT2D eigenvalue weighted by atomic mass is 79.9. The van der Waals surface area contributed by atoms with Gasteiger partial charge in [0.1, 0.15) is 0 Å². The Labute approximate surface area is 119 Å². The molecule has 0 aromatic carbocycles. The van der Waals surface area contributed by atoms with E-state index in [1.807, 2.05) is 13.8 Å². The normalized spacial score (nSPS) is 19.7. The van der Waals surface area contributed by atoms with Crippen molar-refractivity contribution in [2.24, 2.45) is 10.7 Å². The number of hydrogen-bond acceptors (Lipinski definition) is 2. The van der Waals surface area contributed by atoms with E-state index >= 15 is 0 Å². The van der Waals surface area contributed by atoms with Crippen LogP contribution in [0.15, 0.2) is 11.3 Å². The first-order chi connectivity index (χ1) is 8.13. The predicted octanol–water partition coefficient (Wildman–Crippen LogP) is 2.02. The zero-order chi connectivity index (χ0) is 12.4. The van der Waals surface area contributed by atoms with Crippen molar-refractivity contribution in [2.75, 3.05) is 6.54 Å². The number of aromatic amines is 1. The molecule has 18 heavy (non-hydrogen) atoms. The van der Waals surface area contributed by atoms with Gasteiger partial charge >= 0.3 is 0 Å². The minimum atomic E-state index is 0. The minimum Gasteiger partial charge on any atom is -0.370 e. The standard InChI is InChI=1S/C12H21N5.BrH/c1-4-10-11-9(14-7-15-11)5-6-17(10)12(13)16-8(2)3;/h7-8,10H,4-6H2,1-3H3,(H2,13,16)(H,14,15);1H. The third-order valence-electron chi connectivity index (χ3n) is 3.12. The summed E-state index contributed by atoms with van der Waals surface area (Å²) in [4.78, 5) is 14.2. The molecule has 1 aromatic rings. The predicted molar refractivity (Wildman–Crippen MR) is 79.1 cm³/mol. The summed E-state index contributed by atoms with van der Waals surface area (Å²) >= 11 is 0. The van der Waals surface area contributed by atoms with E-state index in [0.717, 1.165) is 25.1 Å². The van der Waals surface area contributed by atoms with Crippen LogP contribution in [0.1, 0.15) is 44.6 Å². The van der Waals surface area contributed by atoms with Crippen LogP contribution in [0.5, 0.6) is 0 Å². The van der Waals surface area contributed by atoms with Crippen LogP contribution < -0.4 is 5.73 Å². The van der Waals surface area contributed by atoms with E-state index < -0.39 is 0 Å². The van der Waals surface area contributed by atoms with Crippen LogP contribution >= 0.6 is 17.0 Å². The summed E-state index contributed by atoms with van der Waals surface area (Å²) in [5, 5.41) is 0. The highest BCUT2D eigenvalue weighted by Gasteiger charge is 2.29. The number of aromatic nitrogens is 2. The third-order valence-corrected chi connectivity index (χ3v) is 3.12. The molecular formula is C12H22BrN5. The van der Waals surface area contributed by atoms with Gasteiger partial charge < -0.3 is 15.6 Å². The molecule has 0 spiro atoms. The number of imidazole rings is 1. The summed E-state index contributed by atoms with van der Waals surface area (Å²) in [7, 11) is 0. The molecule has 2 rings (SSSR count). The zero-order valence-electron chi connectivity index (χ0n) is 11.2. The summed E-state index contributed by atoms with van der Waals surface area (Å²) in [5.41, 5.74) is 8.45. The Kier molecular flexibility index (Phi) is 5.19. The van der Waals surface area contributed by atoms with Crippen molar-refractivity contribution in [3.8, 4) is 0 Å². The zero-order valence-corrected chi connectivity index (χ0v) is 12.9. The lowest BCUT2D eigenvalue weighted by molar-refractivity contribution is 0.280. The molecule has 1 unspecified atom stereocenters. The van der Waals surface area contributed by atoms with Gasteiger partial charge in [-0.25, -0.2) is 4.98 Å². The van der Waals surface area contributed by atoms with Crippen LogP contribution in [0.4, 0.5) is 0 Å². The Hall–Kier alpha value is -1.04. The van der Waals surface area contributed by atoms with Gasteiger partial charge in [-0.1, -0.05) is 6.92 Å². The molecule has 0 aliphatic carbocycles. The second-order valence-corrected chi connectivity index (χ2v) is 4.71. The van der Waals surface area contributed by atoms with Gasteiger partial charge in [0.25, 0.3) is 0 Å². The van der Waals surface area contributed by atoms with E-state index in [1.54, 1.807) is 6.33 Å². The number of aliphatic imine (C=N–C) groups is 1. The number of nitrogens with two attached hydrogens (primary N) is 1. The minimum absolute atomic E-state index is 0. The van der Waals surface area contributed by atoms with Crippen LogP contribution in [0.25, 0.3) is 0 Å².